The standard InChI is InChI=1S/C16H19N3OS/c1-11-10-19(9-8-17-11)16(20)14-12(2)18-15(21-14)13-6-4-3-5-7-13/h3-7,11,17H,8-10H2,1-2H3. The zero-order chi connectivity index (χ0) is 14.8. The van der Waals surface area contributed by atoms with E-state index in [2.05, 4.69) is 17.2 Å². The Hall–Kier alpha value is -1.72. The maximum absolute atomic E-state index is 12.7. The SMILES string of the molecule is Cc1nc(-c2ccccc2)sc1C(=O)N1CCNC(C)C1. The molecular weight excluding hydrogens is 282 g/mol. The fraction of sp³-hybridized carbons (Fsp3) is 0.375. The van der Waals surface area contributed by atoms with Gasteiger partial charge in [-0.05, 0) is 13.8 Å². The number of aryl methyl sites for hydroxylation is 1. The summed E-state index contributed by atoms with van der Waals surface area (Å²) in [7, 11) is 0. The van der Waals surface area contributed by atoms with Gasteiger partial charge in [-0.15, -0.1) is 11.3 Å². The van der Waals surface area contributed by atoms with Gasteiger partial charge in [0.1, 0.15) is 9.88 Å². The van der Waals surface area contributed by atoms with Crippen LogP contribution in [0.25, 0.3) is 10.6 Å². The Balaban J connectivity index is 1.86. The molecule has 1 aliphatic heterocycles. The van der Waals surface area contributed by atoms with Crippen LogP contribution in [-0.2, 0) is 0 Å². The van der Waals surface area contributed by atoms with Gasteiger partial charge in [-0.25, -0.2) is 4.98 Å². The summed E-state index contributed by atoms with van der Waals surface area (Å²) in [5.41, 5.74) is 1.90. The van der Waals surface area contributed by atoms with Crippen LogP contribution in [0.2, 0.25) is 0 Å². The molecule has 1 aromatic carbocycles. The van der Waals surface area contributed by atoms with E-state index in [4.69, 9.17) is 0 Å². The maximum Gasteiger partial charge on any atom is 0.265 e. The van der Waals surface area contributed by atoms with Crippen LogP contribution in [0.5, 0.6) is 0 Å². The Morgan fingerprint density at radius 2 is 2.14 bits per heavy atom. The number of hydrogen-bond donors (Lipinski definition) is 1. The predicted octanol–water partition coefficient (Wildman–Crippen LogP) is 2.55. The minimum absolute atomic E-state index is 0.112. The molecule has 3 rings (SSSR count). The van der Waals surface area contributed by atoms with Crippen LogP contribution in [-0.4, -0.2) is 41.5 Å². The molecule has 1 atom stereocenters. The van der Waals surface area contributed by atoms with Crippen molar-refractivity contribution >= 4 is 17.2 Å². The Morgan fingerprint density at radius 3 is 2.86 bits per heavy atom. The third-order valence-corrected chi connectivity index (χ3v) is 4.86. The highest BCUT2D eigenvalue weighted by Gasteiger charge is 2.25. The van der Waals surface area contributed by atoms with Crippen molar-refractivity contribution in [2.45, 2.75) is 19.9 Å². The van der Waals surface area contributed by atoms with E-state index in [9.17, 15) is 4.79 Å². The molecule has 1 N–H and O–H groups in total. The van der Waals surface area contributed by atoms with Gasteiger partial charge in [0.2, 0.25) is 0 Å². The zero-order valence-corrected chi connectivity index (χ0v) is 13.1. The summed E-state index contributed by atoms with van der Waals surface area (Å²) in [5.74, 6) is 0.112. The molecule has 4 nitrogen and oxygen atoms in total. The van der Waals surface area contributed by atoms with Crippen LogP contribution in [0.4, 0.5) is 0 Å². The van der Waals surface area contributed by atoms with E-state index in [1.165, 1.54) is 11.3 Å². The van der Waals surface area contributed by atoms with Crippen LogP contribution >= 0.6 is 11.3 Å². The van der Waals surface area contributed by atoms with Crippen molar-refractivity contribution in [1.82, 2.24) is 15.2 Å². The highest BCUT2D eigenvalue weighted by atomic mass is 32.1. The van der Waals surface area contributed by atoms with E-state index >= 15 is 0 Å². The molecule has 0 aliphatic carbocycles. The van der Waals surface area contributed by atoms with Gasteiger partial charge in [-0.1, -0.05) is 30.3 Å². The second kappa shape index (κ2) is 5.95. The second-order valence-electron chi connectivity index (χ2n) is 5.41. The fourth-order valence-corrected chi connectivity index (χ4v) is 3.60. The van der Waals surface area contributed by atoms with Gasteiger partial charge in [0.15, 0.2) is 0 Å². The molecular formula is C16H19N3OS. The number of piperazine rings is 1. The molecule has 0 saturated carbocycles. The largest absolute Gasteiger partial charge is 0.335 e. The predicted molar refractivity (Wildman–Crippen MR) is 85.7 cm³/mol. The van der Waals surface area contributed by atoms with Gasteiger partial charge in [0, 0.05) is 31.2 Å². The van der Waals surface area contributed by atoms with E-state index in [1.54, 1.807) is 0 Å². The van der Waals surface area contributed by atoms with Crippen molar-refractivity contribution < 1.29 is 4.79 Å². The van der Waals surface area contributed by atoms with E-state index in [1.807, 2.05) is 42.2 Å². The molecule has 110 valence electrons. The van der Waals surface area contributed by atoms with Crippen LogP contribution in [0.15, 0.2) is 30.3 Å². The molecule has 1 amide bonds. The van der Waals surface area contributed by atoms with Crippen LogP contribution in [0.3, 0.4) is 0 Å². The molecule has 0 bridgehead atoms. The van der Waals surface area contributed by atoms with Crippen molar-refractivity contribution in [2.75, 3.05) is 19.6 Å². The summed E-state index contributed by atoms with van der Waals surface area (Å²) in [6.07, 6.45) is 0. The van der Waals surface area contributed by atoms with E-state index < -0.39 is 0 Å². The molecule has 1 aliphatic rings. The van der Waals surface area contributed by atoms with Crippen molar-refractivity contribution in [3.63, 3.8) is 0 Å². The number of nitrogens with zero attached hydrogens (tertiary/aromatic N) is 2. The number of hydrogen-bond acceptors (Lipinski definition) is 4. The molecule has 0 radical (unpaired) electrons. The number of carbonyl (C=O) groups excluding carboxylic acids is 1. The fourth-order valence-electron chi connectivity index (χ4n) is 2.56. The van der Waals surface area contributed by atoms with E-state index in [-0.39, 0.29) is 5.91 Å². The number of thiazole rings is 1. The van der Waals surface area contributed by atoms with E-state index in [0.29, 0.717) is 6.04 Å². The summed E-state index contributed by atoms with van der Waals surface area (Å²) >= 11 is 1.49. The van der Waals surface area contributed by atoms with Gasteiger partial charge in [0.05, 0.1) is 5.69 Å². The van der Waals surface area contributed by atoms with Gasteiger partial charge in [-0.2, -0.15) is 0 Å². The lowest BCUT2D eigenvalue weighted by molar-refractivity contribution is 0.0713. The minimum Gasteiger partial charge on any atom is -0.335 e. The number of rotatable bonds is 2. The second-order valence-corrected chi connectivity index (χ2v) is 6.40. The zero-order valence-electron chi connectivity index (χ0n) is 12.3. The van der Waals surface area contributed by atoms with Gasteiger partial charge < -0.3 is 10.2 Å². The van der Waals surface area contributed by atoms with Crippen molar-refractivity contribution in [1.29, 1.82) is 0 Å². The normalized spacial score (nSPS) is 18.8. The van der Waals surface area contributed by atoms with Gasteiger partial charge in [0.25, 0.3) is 5.91 Å². The maximum atomic E-state index is 12.7. The quantitative estimate of drug-likeness (QED) is 0.927. The molecule has 2 aromatic rings. The lowest BCUT2D eigenvalue weighted by Crippen LogP contribution is -2.51. The lowest BCUT2D eigenvalue weighted by Gasteiger charge is -2.31. The smallest absolute Gasteiger partial charge is 0.265 e. The van der Waals surface area contributed by atoms with Crippen LogP contribution in [0.1, 0.15) is 22.3 Å². The number of aromatic nitrogens is 1. The molecule has 1 aromatic heterocycles. The third-order valence-electron chi connectivity index (χ3n) is 3.67. The third kappa shape index (κ3) is 2.99. The first-order chi connectivity index (χ1) is 10.1. The monoisotopic (exact) mass is 301 g/mol. The average molecular weight is 301 g/mol. The molecule has 5 heteroatoms. The molecule has 2 heterocycles. The highest BCUT2D eigenvalue weighted by molar-refractivity contribution is 7.17. The van der Waals surface area contributed by atoms with Gasteiger partial charge >= 0.3 is 0 Å². The molecule has 1 saturated heterocycles. The number of amides is 1. The van der Waals surface area contributed by atoms with E-state index in [0.717, 1.165) is 40.8 Å². The average Bonchev–Trinajstić information content (AvgIpc) is 2.89. The Kier molecular flexibility index (Phi) is 4.03. The number of nitrogens with one attached hydrogen (secondary N) is 1. The van der Waals surface area contributed by atoms with Crippen LogP contribution < -0.4 is 5.32 Å². The lowest BCUT2D eigenvalue weighted by atomic mass is 10.2. The summed E-state index contributed by atoms with van der Waals surface area (Å²) in [5, 5.41) is 4.27. The van der Waals surface area contributed by atoms with Crippen molar-refractivity contribution in [3.8, 4) is 10.6 Å². The highest BCUT2D eigenvalue weighted by Crippen LogP contribution is 2.28. The first-order valence-corrected chi connectivity index (χ1v) is 8.02. The summed E-state index contributed by atoms with van der Waals surface area (Å²) in [4.78, 5) is 19.9. The van der Waals surface area contributed by atoms with Crippen molar-refractivity contribution in [2.24, 2.45) is 0 Å². The first-order valence-electron chi connectivity index (χ1n) is 7.20. The topological polar surface area (TPSA) is 45.2 Å². The Bertz CT molecular complexity index is 638. The first kappa shape index (κ1) is 14.2. The molecule has 0 spiro atoms. The molecule has 1 unspecified atom stereocenters. The Morgan fingerprint density at radius 1 is 1.38 bits per heavy atom. The summed E-state index contributed by atoms with van der Waals surface area (Å²) in [6.45, 7) is 6.41. The van der Waals surface area contributed by atoms with Crippen LogP contribution in [0, 0.1) is 6.92 Å². The number of carbonyl (C=O) groups is 1. The molecule has 21 heavy (non-hydrogen) atoms. The summed E-state index contributed by atoms with van der Waals surface area (Å²) < 4.78 is 0. The Labute approximate surface area is 128 Å². The number of benzene rings is 1. The summed E-state index contributed by atoms with van der Waals surface area (Å²) in [6, 6.07) is 10.4. The molecule has 1 fully saturated rings. The minimum atomic E-state index is 0.112. The van der Waals surface area contributed by atoms with Gasteiger partial charge in [-0.3, -0.25) is 4.79 Å². The van der Waals surface area contributed by atoms with Crippen molar-refractivity contribution in [3.05, 3.63) is 40.9 Å².